The number of hydrogen-bond acceptors (Lipinski definition) is 4. The average molecular weight is 463 g/mol. The van der Waals surface area contributed by atoms with Gasteiger partial charge in [-0.05, 0) is 18.2 Å². The van der Waals surface area contributed by atoms with Gasteiger partial charge in [-0.2, -0.15) is 0 Å². The normalized spacial score (nSPS) is 14.4. The van der Waals surface area contributed by atoms with Gasteiger partial charge in [-0.15, -0.1) is 0 Å². The van der Waals surface area contributed by atoms with Gasteiger partial charge in [0.25, 0.3) is 5.91 Å². The topological polar surface area (TPSA) is 109 Å². The largest absolute Gasteiger partial charge is 0.870 e. The van der Waals surface area contributed by atoms with Crippen molar-refractivity contribution in [2.24, 2.45) is 4.99 Å². The summed E-state index contributed by atoms with van der Waals surface area (Å²) in [5.74, 6) is -1.98. The molecule has 1 aliphatic rings. The predicted octanol–water partition coefficient (Wildman–Crippen LogP) is -1.24. The molecule has 0 saturated heterocycles. The Hall–Kier alpha value is 1.11. The SMILES string of the molecule is O=C(O)C1N=C(c2ccccc2)c2cc(Cl)ccc2NC1=O.[Cr].[K+].[KH].[OH-]. The number of aliphatic imine (C=N–C) groups is 1. The van der Waals surface area contributed by atoms with Crippen molar-refractivity contribution in [3.63, 3.8) is 0 Å². The summed E-state index contributed by atoms with van der Waals surface area (Å²) in [5, 5.41) is 12.3. The fourth-order valence-corrected chi connectivity index (χ4v) is 2.45. The van der Waals surface area contributed by atoms with E-state index in [0.29, 0.717) is 27.5 Å². The number of halogens is 1. The molecule has 1 unspecified atom stereocenters. The van der Waals surface area contributed by atoms with E-state index in [1.54, 1.807) is 30.3 Å². The van der Waals surface area contributed by atoms with E-state index in [-0.39, 0.29) is 126 Å². The van der Waals surface area contributed by atoms with Crippen LogP contribution >= 0.6 is 11.6 Å². The Morgan fingerprint density at radius 1 is 1.15 bits per heavy atom. The van der Waals surface area contributed by atoms with Crippen molar-refractivity contribution in [3.05, 3.63) is 64.7 Å². The Labute approximate surface area is 251 Å². The molecule has 2 aromatic carbocycles. The minimum absolute atomic E-state index is 0. The standard InChI is InChI=1S/C16H11ClN2O3.Cr.2K.H2O.H/c17-10-6-7-12-11(8-10)13(9-4-2-1-3-5-9)19-14(16(21)22)15(20)18-12;;;;;/h1-8,14H,(H,18,20)(H,21,22);;;;1H2;/q;;;+1;;/p-1. The number of hydrogen-bond donors (Lipinski definition) is 2. The van der Waals surface area contributed by atoms with Crippen LogP contribution in [0.1, 0.15) is 11.1 Å². The van der Waals surface area contributed by atoms with Crippen LogP contribution in [0.5, 0.6) is 0 Å². The molecule has 0 spiro atoms. The van der Waals surface area contributed by atoms with Gasteiger partial charge in [0.2, 0.25) is 6.04 Å². The summed E-state index contributed by atoms with van der Waals surface area (Å²) in [6.07, 6.45) is 0. The monoisotopic (exact) mass is 462 g/mol. The molecule has 1 aliphatic heterocycles. The van der Waals surface area contributed by atoms with Gasteiger partial charge in [-0.3, -0.25) is 9.79 Å². The van der Waals surface area contributed by atoms with Crippen molar-refractivity contribution in [3.8, 4) is 0 Å². The fraction of sp³-hybridized carbons (Fsp3) is 0.0625. The maximum absolute atomic E-state index is 12.0. The number of rotatable bonds is 2. The second-order valence-electron chi connectivity index (χ2n) is 4.76. The van der Waals surface area contributed by atoms with Crippen molar-refractivity contribution >= 4 is 86.3 Å². The molecule has 1 amide bonds. The number of fused-ring (bicyclic) bond motifs is 1. The molecule has 10 heteroatoms. The van der Waals surface area contributed by atoms with Gasteiger partial charge in [0.05, 0.1) is 11.4 Å². The zero-order chi connectivity index (χ0) is 15.7. The third-order valence-electron chi connectivity index (χ3n) is 3.28. The Kier molecular flexibility index (Phi) is 15.0. The number of nitrogens with one attached hydrogen (secondary N) is 1. The first-order valence-electron chi connectivity index (χ1n) is 6.53. The third kappa shape index (κ3) is 6.86. The molecule has 1 heterocycles. The quantitative estimate of drug-likeness (QED) is 0.430. The number of nitrogens with zero attached hydrogens (tertiary/aromatic N) is 1. The molecule has 3 rings (SSSR count). The third-order valence-corrected chi connectivity index (χ3v) is 3.52. The van der Waals surface area contributed by atoms with Gasteiger partial charge in [0.1, 0.15) is 0 Å². The van der Waals surface area contributed by atoms with Crippen molar-refractivity contribution in [1.29, 1.82) is 0 Å². The molecule has 2 aromatic rings. The smallest absolute Gasteiger partial charge is 0.870 e. The Balaban J connectivity index is 0. The van der Waals surface area contributed by atoms with Crippen molar-refractivity contribution in [2.45, 2.75) is 6.04 Å². The number of anilines is 1. The maximum atomic E-state index is 12.0. The van der Waals surface area contributed by atoms with Gasteiger partial charge in [0, 0.05) is 33.5 Å². The first-order valence-corrected chi connectivity index (χ1v) is 6.91. The molecule has 1 atom stereocenters. The molecule has 0 fully saturated rings. The van der Waals surface area contributed by atoms with Gasteiger partial charge in [-0.1, -0.05) is 41.9 Å². The molecule has 6 nitrogen and oxygen atoms in total. The van der Waals surface area contributed by atoms with E-state index in [2.05, 4.69) is 10.3 Å². The van der Waals surface area contributed by atoms with Crippen molar-refractivity contribution < 1.29 is 88.9 Å². The van der Waals surface area contributed by atoms with Crippen LogP contribution in [0.2, 0.25) is 5.02 Å². The number of carboxylic acids is 1. The number of carbonyl (C=O) groups excluding carboxylic acids is 1. The summed E-state index contributed by atoms with van der Waals surface area (Å²) < 4.78 is 0. The number of benzodiazepines with no additional fused rings is 1. The average Bonchev–Trinajstić information content (AvgIpc) is 2.64. The zero-order valence-electron chi connectivity index (χ0n) is 13.1. The van der Waals surface area contributed by atoms with Crippen LogP contribution in [0, 0.1) is 0 Å². The minimum atomic E-state index is -1.50. The Morgan fingerprint density at radius 3 is 2.35 bits per heavy atom. The Morgan fingerprint density at radius 2 is 1.77 bits per heavy atom. The van der Waals surface area contributed by atoms with Crippen molar-refractivity contribution in [1.82, 2.24) is 0 Å². The van der Waals surface area contributed by atoms with E-state index in [9.17, 15) is 14.7 Å². The maximum Gasteiger partial charge on any atom is -0.870 e. The summed E-state index contributed by atoms with van der Waals surface area (Å²) >= 11 is 6.03. The van der Waals surface area contributed by atoms with E-state index in [0.717, 1.165) is 0 Å². The summed E-state index contributed by atoms with van der Waals surface area (Å²) in [6.45, 7) is 0. The van der Waals surface area contributed by atoms with Crippen LogP contribution in [-0.4, -0.2) is 85.6 Å². The Bertz CT molecular complexity index is 806. The van der Waals surface area contributed by atoms with Crippen LogP contribution in [0.25, 0.3) is 0 Å². The number of benzene rings is 2. The minimum Gasteiger partial charge on any atom is -0.870 e. The summed E-state index contributed by atoms with van der Waals surface area (Å²) in [4.78, 5) is 27.5. The van der Waals surface area contributed by atoms with Crippen LogP contribution in [0.4, 0.5) is 5.69 Å². The molecule has 126 valence electrons. The predicted molar refractivity (Wildman–Crippen MR) is 92.7 cm³/mol. The van der Waals surface area contributed by atoms with E-state index in [4.69, 9.17) is 11.6 Å². The van der Waals surface area contributed by atoms with Gasteiger partial charge in [-0.25, -0.2) is 4.79 Å². The molecular weight excluding hydrogens is 450 g/mol. The fourth-order valence-electron chi connectivity index (χ4n) is 2.27. The number of aliphatic carboxylic acids is 1. The number of carboxylic acid groups (broad SMARTS) is 1. The van der Waals surface area contributed by atoms with Crippen molar-refractivity contribution in [2.75, 3.05) is 5.32 Å². The second kappa shape index (κ2) is 13.4. The summed E-state index contributed by atoms with van der Waals surface area (Å²) in [5.41, 5.74) is 2.22. The van der Waals surface area contributed by atoms with E-state index < -0.39 is 17.9 Å². The van der Waals surface area contributed by atoms with Crippen LogP contribution in [0.3, 0.4) is 0 Å². The molecule has 0 saturated carbocycles. The first kappa shape index (κ1) is 29.3. The molecule has 0 radical (unpaired) electrons. The van der Waals surface area contributed by atoms with E-state index in [1.807, 2.05) is 18.2 Å². The molecule has 0 aliphatic carbocycles. The van der Waals surface area contributed by atoms with Crippen LogP contribution < -0.4 is 56.7 Å². The van der Waals surface area contributed by atoms with E-state index >= 15 is 0 Å². The molecule has 0 aromatic heterocycles. The molecule has 26 heavy (non-hydrogen) atoms. The van der Waals surface area contributed by atoms with Crippen LogP contribution in [0.15, 0.2) is 53.5 Å². The van der Waals surface area contributed by atoms with Crippen LogP contribution in [-0.2, 0) is 27.0 Å². The molecular formula is C16H13ClCrK2N2O4. The summed E-state index contributed by atoms with van der Waals surface area (Å²) in [6, 6.07) is 12.5. The van der Waals surface area contributed by atoms with E-state index in [1.165, 1.54) is 0 Å². The number of carbonyl (C=O) groups is 2. The summed E-state index contributed by atoms with van der Waals surface area (Å²) in [7, 11) is 0. The second-order valence-corrected chi connectivity index (χ2v) is 5.20. The number of amides is 1. The molecule has 3 N–H and O–H groups in total. The van der Waals surface area contributed by atoms with Gasteiger partial charge in [0.15, 0.2) is 0 Å². The molecule has 0 bridgehead atoms. The van der Waals surface area contributed by atoms with Gasteiger partial charge < -0.3 is 15.9 Å². The zero-order valence-corrected chi connectivity index (χ0v) is 18.3. The van der Waals surface area contributed by atoms with Gasteiger partial charge >= 0.3 is 109 Å². The first-order chi connectivity index (χ1) is 10.6.